The lowest BCUT2D eigenvalue weighted by Crippen LogP contribution is -2.30. The second-order valence-corrected chi connectivity index (χ2v) is 6.24. The highest BCUT2D eigenvalue weighted by Gasteiger charge is 2.21. The van der Waals surface area contributed by atoms with Crippen LogP contribution in [0.4, 0.5) is 4.39 Å². The molecule has 1 fully saturated rings. The summed E-state index contributed by atoms with van der Waals surface area (Å²) in [5.41, 5.74) is 1.80. The lowest BCUT2D eigenvalue weighted by Gasteiger charge is -2.26. The number of aliphatic hydroxyl groups is 1. The second-order valence-electron chi connectivity index (χ2n) is 6.24. The molecule has 25 heavy (non-hydrogen) atoms. The Kier molecular flexibility index (Phi) is 4.38. The number of halogens is 1. The van der Waals surface area contributed by atoms with Crippen molar-refractivity contribution in [3.05, 3.63) is 54.1 Å². The number of nitrogens with one attached hydrogen (secondary N) is 1. The molecule has 1 aliphatic rings. The molecule has 0 saturated carbocycles. The number of imidazole rings is 1. The summed E-state index contributed by atoms with van der Waals surface area (Å²) in [4.78, 5) is 4.55. The number of piperidine rings is 1. The molecular weight excluding hydrogens is 321 g/mol. The Bertz CT molecular complexity index is 870. The predicted octanol–water partition coefficient (Wildman–Crippen LogP) is 3.38. The molecule has 3 aromatic rings. The zero-order valence-corrected chi connectivity index (χ0v) is 13.8. The van der Waals surface area contributed by atoms with Crippen molar-refractivity contribution in [2.24, 2.45) is 0 Å². The SMILES string of the molecule is OCc1nc2ccc(Oc3ccc(F)cc3)cc2n1C1CCNCC1. The van der Waals surface area contributed by atoms with Crippen molar-refractivity contribution in [1.82, 2.24) is 14.9 Å². The highest BCUT2D eigenvalue weighted by atomic mass is 19.1. The molecule has 0 amide bonds. The van der Waals surface area contributed by atoms with Crippen LogP contribution in [0.1, 0.15) is 24.7 Å². The third-order valence-corrected chi connectivity index (χ3v) is 4.60. The highest BCUT2D eigenvalue weighted by Crippen LogP contribution is 2.31. The van der Waals surface area contributed by atoms with E-state index in [4.69, 9.17) is 4.74 Å². The molecule has 1 saturated heterocycles. The van der Waals surface area contributed by atoms with Gasteiger partial charge in [0.05, 0.1) is 11.0 Å². The van der Waals surface area contributed by atoms with Crippen molar-refractivity contribution in [1.29, 1.82) is 0 Å². The summed E-state index contributed by atoms with van der Waals surface area (Å²) in [7, 11) is 0. The number of fused-ring (bicyclic) bond motifs is 1. The van der Waals surface area contributed by atoms with Gasteiger partial charge in [0.1, 0.15) is 29.7 Å². The van der Waals surface area contributed by atoms with Gasteiger partial charge in [-0.15, -0.1) is 0 Å². The van der Waals surface area contributed by atoms with Gasteiger partial charge in [0.2, 0.25) is 0 Å². The van der Waals surface area contributed by atoms with Crippen molar-refractivity contribution in [3.8, 4) is 11.5 Å². The first-order chi connectivity index (χ1) is 12.2. The van der Waals surface area contributed by atoms with Gasteiger partial charge in [-0.2, -0.15) is 0 Å². The summed E-state index contributed by atoms with van der Waals surface area (Å²) in [6.07, 6.45) is 2.00. The Morgan fingerprint density at radius 2 is 1.84 bits per heavy atom. The Morgan fingerprint density at radius 3 is 2.56 bits per heavy atom. The minimum Gasteiger partial charge on any atom is -0.457 e. The first kappa shape index (κ1) is 16.1. The minimum atomic E-state index is -0.292. The fourth-order valence-electron chi connectivity index (χ4n) is 3.41. The fraction of sp³-hybridized carbons (Fsp3) is 0.316. The fourth-order valence-corrected chi connectivity index (χ4v) is 3.41. The molecule has 1 aliphatic heterocycles. The Hall–Kier alpha value is -2.44. The molecule has 0 spiro atoms. The number of benzene rings is 2. The largest absolute Gasteiger partial charge is 0.457 e. The monoisotopic (exact) mass is 341 g/mol. The van der Waals surface area contributed by atoms with Crippen LogP contribution in [0, 0.1) is 5.82 Å². The summed E-state index contributed by atoms with van der Waals surface area (Å²) in [6, 6.07) is 11.9. The first-order valence-corrected chi connectivity index (χ1v) is 8.50. The van der Waals surface area contributed by atoms with Crippen molar-refractivity contribution in [2.45, 2.75) is 25.5 Å². The number of ether oxygens (including phenoxy) is 1. The van der Waals surface area contributed by atoms with E-state index < -0.39 is 0 Å². The van der Waals surface area contributed by atoms with Crippen LogP contribution in [0.5, 0.6) is 11.5 Å². The van der Waals surface area contributed by atoms with E-state index >= 15 is 0 Å². The summed E-state index contributed by atoms with van der Waals surface area (Å²) in [5.74, 6) is 1.63. The van der Waals surface area contributed by atoms with E-state index in [-0.39, 0.29) is 12.4 Å². The maximum Gasteiger partial charge on any atom is 0.135 e. The van der Waals surface area contributed by atoms with Gasteiger partial charge in [-0.25, -0.2) is 9.37 Å². The average molecular weight is 341 g/mol. The summed E-state index contributed by atoms with van der Waals surface area (Å²) >= 11 is 0. The summed E-state index contributed by atoms with van der Waals surface area (Å²) < 4.78 is 21.0. The molecule has 2 N–H and O–H groups in total. The van der Waals surface area contributed by atoms with E-state index in [1.165, 1.54) is 12.1 Å². The highest BCUT2D eigenvalue weighted by molar-refractivity contribution is 5.78. The molecule has 2 heterocycles. The molecule has 0 aliphatic carbocycles. The second kappa shape index (κ2) is 6.82. The Labute approximate surface area is 145 Å². The van der Waals surface area contributed by atoms with Crippen LogP contribution in [0.25, 0.3) is 11.0 Å². The van der Waals surface area contributed by atoms with Crippen LogP contribution in [-0.4, -0.2) is 27.7 Å². The van der Waals surface area contributed by atoms with Gasteiger partial charge in [-0.05, 0) is 62.3 Å². The molecule has 4 rings (SSSR count). The topological polar surface area (TPSA) is 59.3 Å². The van der Waals surface area contributed by atoms with Crippen LogP contribution < -0.4 is 10.1 Å². The molecular formula is C19H20FN3O2. The molecule has 0 atom stereocenters. The number of hydrogen-bond donors (Lipinski definition) is 2. The molecule has 6 heteroatoms. The molecule has 130 valence electrons. The van der Waals surface area contributed by atoms with Gasteiger partial charge in [0.15, 0.2) is 0 Å². The number of hydrogen-bond acceptors (Lipinski definition) is 4. The van der Waals surface area contributed by atoms with Crippen LogP contribution >= 0.6 is 0 Å². The normalized spacial score (nSPS) is 15.6. The smallest absolute Gasteiger partial charge is 0.135 e. The van der Waals surface area contributed by atoms with E-state index in [0.717, 1.165) is 37.0 Å². The molecule has 2 aromatic carbocycles. The number of aromatic nitrogens is 2. The lowest BCUT2D eigenvalue weighted by atomic mass is 10.1. The van der Waals surface area contributed by atoms with Crippen molar-refractivity contribution in [3.63, 3.8) is 0 Å². The van der Waals surface area contributed by atoms with E-state index in [9.17, 15) is 9.50 Å². The number of rotatable bonds is 4. The van der Waals surface area contributed by atoms with Crippen molar-refractivity contribution >= 4 is 11.0 Å². The molecule has 0 unspecified atom stereocenters. The van der Waals surface area contributed by atoms with Gasteiger partial charge in [0, 0.05) is 12.1 Å². The van der Waals surface area contributed by atoms with Gasteiger partial charge in [0.25, 0.3) is 0 Å². The van der Waals surface area contributed by atoms with Gasteiger partial charge in [-0.3, -0.25) is 0 Å². The van der Waals surface area contributed by atoms with Crippen LogP contribution in [0.2, 0.25) is 0 Å². The first-order valence-electron chi connectivity index (χ1n) is 8.50. The van der Waals surface area contributed by atoms with Gasteiger partial charge >= 0.3 is 0 Å². The Morgan fingerprint density at radius 1 is 1.12 bits per heavy atom. The van der Waals surface area contributed by atoms with E-state index in [2.05, 4.69) is 14.9 Å². The predicted molar refractivity (Wildman–Crippen MR) is 93.3 cm³/mol. The van der Waals surface area contributed by atoms with Crippen LogP contribution in [0.15, 0.2) is 42.5 Å². The zero-order valence-electron chi connectivity index (χ0n) is 13.8. The molecule has 0 bridgehead atoms. The number of nitrogens with zero attached hydrogens (tertiary/aromatic N) is 2. The summed E-state index contributed by atoms with van der Waals surface area (Å²) in [5, 5.41) is 13.1. The van der Waals surface area contributed by atoms with E-state index in [1.54, 1.807) is 12.1 Å². The maximum atomic E-state index is 13.0. The molecule has 5 nitrogen and oxygen atoms in total. The lowest BCUT2D eigenvalue weighted by molar-refractivity contribution is 0.255. The quantitative estimate of drug-likeness (QED) is 0.764. The standard InChI is InChI=1S/C19H20FN3O2/c20-13-1-3-15(4-2-13)25-16-5-6-17-18(11-16)23(19(12-24)22-17)14-7-9-21-10-8-14/h1-6,11,14,21,24H,7-10,12H2. The minimum absolute atomic E-state index is 0.0905. The van der Waals surface area contributed by atoms with Crippen molar-refractivity contribution in [2.75, 3.05) is 13.1 Å². The third kappa shape index (κ3) is 3.23. The Balaban J connectivity index is 1.71. The average Bonchev–Trinajstić information content (AvgIpc) is 3.02. The van der Waals surface area contributed by atoms with Crippen LogP contribution in [0.3, 0.4) is 0 Å². The maximum absolute atomic E-state index is 13.0. The third-order valence-electron chi connectivity index (χ3n) is 4.60. The van der Waals surface area contributed by atoms with Crippen LogP contribution in [-0.2, 0) is 6.61 Å². The zero-order chi connectivity index (χ0) is 17.2. The van der Waals surface area contributed by atoms with Gasteiger partial charge in [-0.1, -0.05) is 0 Å². The number of aliphatic hydroxyl groups excluding tert-OH is 1. The van der Waals surface area contributed by atoms with Gasteiger partial charge < -0.3 is 19.7 Å². The summed E-state index contributed by atoms with van der Waals surface area (Å²) in [6.45, 7) is 1.83. The molecule has 1 aromatic heterocycles. The van der Waals surface area contributed by atoms with E-state index in [1.807, 2.05) is 18.2 Å². The molecule has 0 radical (unpaired) electrons. The van der Waals surface area contributed by atoms with E-state index in [0.29, 0.717) is 23.4 Å². The van der Waals surface area contributed by atoms with Crippen molar-refractivity contribution < 1.29 is 14.2 Å².